The number of carbonyl (C=O) groups excluding carboxylic acids is 1. The molecule has 5 nitrogen and oxygen atoms in total. The van der Waals surface area contributed by atoms with Crippen molar-refractivity contribution in [2.24, 2.45) is 0 Å². The Morgan fingerprint density at radius 2 is 2.29 bits per heavy atom. The molecule has 0 bridgehead atoms. The second-order valence-corrected chi connectivity index (χ2v) is 3.95. The standard InChI is InChI=1S/C8H10N2O3S/c1-5-4-9-8(14-5)10-6(11)2-3-7(12)13/h4H,2-3H2,1H3,(H,12,13)(H,9,10,11). The summed E-state index contributed by atoms with van der Waals surface area (Å²) in [5.41, 5.74) is 0. The van der Waals surface area contributed by atoms with E-state index in [2.05, 4.69) is 10.3 Å². The van der Waals surface area contributed by atoms with Crippen molar-refractivity contribution in [3.8, 4) is 0 Å². The Balaban J connectivity index is 2.37. The fourth-order valence-corrected chi connectivity index (χ4v) is 1.50. The number of amides is 1. The van der Waals surface area contributed by atoms with Crippen molar-refractivity contribution in [1.29, 1.82) is 0 Å². The normalized spacial score (nSPS) is 9.79. The summed E-state index contributed by atoms with van der Waals surface area (Å²) in [6, 6.07) is 0. The maximum atomic E-state index is 11.1. The van der Waals surface area contributed by atoms with Gasteiger partial charge in [0, 0.05) is 17.5 Å². The first kappa shape index (κ1) is 10.6. The van der Waals surface area contributed by atoms with E-state index >= 15 is 0 Å². The first-order valence-electron chi connectivity index (χ1n) is 4.02. The van der Waals surface area contributed by atoms with Crippen LogP contribution < -0.4 is 5.32 Å². The molecule has 0 aliphatic carbocycles. The minimum atomic E-state index is -0.976. The summed E-state index contributed by atoms with van der Waals surface area (Å²) in [7, 11) is 0. The predicted octanol–water partition coefficient (Wildman–Crippen LogP) is 1.25. The van der Waals surface area contributed by atoms with Crippen LogP contribution in [0.2, 0.25) is 0 Å². The lowest BCUT2D eigenvalue weighted by Crippen LogP contribution is -2.12. The van der Waals surface area contributed by atoms with Gasteiger partial charge in [-0.25, -0.2) is 4.98 Å². The molecule has 1 amide bonds. The summed E-state index contributed by atoms with van der Waals surface area (Å²) in [6.45, 7) is 1.88. The van der Waals surface area contributed by atoms with E-state index in [0.29, 0.717) is 5.13 Å². The van der Waals surface area contributed by atoms with Gasteiger partial charge in [0.15, 0.2) is 5.13 Å². The van der Waals surface area contributed by atoms with Crippen LogP contribution in [0, 0.1) is 6.92 Å². The monoisotopic (exact) mass is 214 g/mol. The molecule has 0 aliphatic rings. The number of carbonyl (C=O) groups is 2. The Kier molecular flexibility index (Phi) is 3.58. The minimum Gasteiger partial charge on any atom is -0.481 e. The van der Waals surface area contributed by atoms with Gasteiger partial charge in [0.1, 0.15) is 0 Å². The first-order valence-corrected chi connectivity index (χ1v) is 4.83. The molecule has 0 saturated heterocycles. The Labute approximate surface area is 84.8 Å². The third-order valence-corrected chi connectivity index (χ3v) is 2.26. The number of thiazole rings is 1. The molecular weight excluding hydrogens is 204 g/mol. The van der Waals surface area contributed by atoms with Crippen molar-refractivity contribution in [3.05, 3.63) is 11.1 Å². The van der Waals surface area contributed by atoms with Gasteiger partial charge in [-0.3, -0.25) is 9.59 Å². The summed E-state index contributed by atoms with van der Waals surface area (Å²) in [5.74, 6) is -1.29. The number of carboxylic acid groups (broad SMARTS) is 1. The molecule has 0 fully saturated rings. The van der Waals surface area contributed by atoms with Crippen molar-refractivity contribution in [2.45, 2.75) is 19.8 Å². The lowest BCUT2D eigenvalue weighted by molar-refractivity contribution is -0.138. The topological polar surface area (TPSA) is 79.3 Å². The number of rotatable bonds is 4. The molecule has 0 saturated carbocycles. The summed E-state index contributed by atoms with van der Waals surface area (Å²) < 4.78 is 0. The summed E-state index contributed by atoms with van der Waals surface area (Å²) >= 11 is 1.36. The largest absolute Gasteiger partial charge is 0.481 e. The highest BCUT2D eigenvalue weighted by Gasteiger charge is 2.07. The maximum Gasteiger partial charge on any atom is 0.303 e. The van der Waals surface area contributed by atoms with E-state index in [4.69, 9.17) is 5.11 Å². The highest BCUT2D eigenvalue weighted by atomic mass is 32.1. The average molecular weight is 214 g/mol. The maximum absolute atomic E-state index is 11.1. The zero-order valence-corrected chi connectivity index (χ0v) is 8.43. The fraction of sp³-hybridized carbons (Fsp3) is 0.375. The Morgan fingerprint density at radius 1 is 1.57 bits per heavy atom. The van der Waals surface area contributed by atoms with Crippen molar-refractivity contribution in [2.75, 3.05) is 5.32 Å². The number of aryl methyl sites for hydroxylation is 1. The third-order valence-electron chi connectivity index (χ3n) is 1.43. The van der Waals surface area contributed by atoms with E-state index in [1.807, 2.05) is 6.92 Å². The van der Waals surface area contributed by atoms with E-state index < -0.39 is 5.97 Å². The Morgan fingerprint density at radius 3 is 2.79 bits per heavy atom. The SMILES string of the molecule is Cc1cnc(NC(=O)CCC(=O)O)s1. The van der Waals surface area contributed by atoms with Crippen LogP contribution in [0.15, 0.2) is 6.20 Å². The Hall–Kier alpha value is -1.43. The average Bonchev–Trinajstić information content (AvgIpc) is 2.48. The molecule has 0 radical (unpaired) electrons. The van der Waals surface area contributed by atoms with E-state index in [-0.39, 0.29) is 18.7 Å². The molecule has 0 aliphatic heterocycles. The van der Waals surface area contributed by atoms with Crippen molar-refractivity contribution in [1.82, 2.24) is 4.98 Å². The Bertz CT molecular complexity index is 348. The van der Waals surface area contributed by atoms with Crippen LogP contribution in [-0.2, 0) is 9.59 Å². The zero-order valence-electron chi connectivity index (χ0n) is 7.61. The number of carboxylic acids is 1. The molecule has 0 spiro atoms. The summed E-state index contributed by atoms with van der Waals surface area (Å²) in [4.78, 5) is 26.2. The molecule has 0 unspecified atom stereocenters. The van der Waals surface area contributed by atoms with Gasteiger partial charge in [-0.15, -0.1) is 11.3 Å². The number of hydrogen-bond donors (Lipinski definition) is 2. The number of nitrogens with one attached hydrogen (secondary N) is 1. The minimum absolute atomic E-state index is 0.0199. The summed E-state index contributed by atoms with van der Waals surface area (Å²) in [5, 5.41) is 11.4. The molecule has 6 heteroatoms. The molecule has 2 N–H and O–H groups in total. The molecule has 1 aromatic heterocycles. The molecule has 14 heavy (non-hydrogen) atoms. The van der Waals surface area contributed by atoms with Crippen LogP contribution in [0.5, 0.6) is 0 Å². The van der Waals surface area contributed by atoms with Crippen molar-refractivity contribution in [3.63, 3.8) is 0 Å². The highest BCUT2D eigenvalue weighted by Crippen LogP contribution is 2.16. The number of nitrogens with zero attached hydrogens (tertiary/aromatic N) is 1. The van der Waals surface area contributed by atoms with Gasteiger partial charge in [0.25, 0.3) is 0 Å². The highest BCUT2D eigenvalue weighted by molar-refractivity contribution is 7.15. The quantitative estimate of drug-likeness (QED) is 0.790. The second kappa shape index (κ2) is 4.71. The van der Waals surface area contributed by atoms with E-state index in [1.165, 1.54) is 11.3 Å². The van der Waals surface area contributed by atoms with Crippen LogP contribution >= 0.6 is 11.3 Å². The number of aromatic nitrogens is 1. The zero-order chi connectivity index (χ0) is 10.6. The van der Waals surface area contributed by atoms with E-state index in [1.54, 1.807) is 6.20 Å². The van der Waals surface area contributed by atoms with E-state index in [0.717, 1.165) is 4.88 Å². The molecule has 1 rings (SSSR count). The van der Waals surface area contributed by atoms with Gasteiger partial charge in [0.05, 0.1) is 6.42 Å². The predicted molar refractivity (Wildman–Crippen MR) is 52.4 cm³/mol. The van der Waals surface area contributed by atoms with Crippen LogP contribution in [0.25, 0.3) is 0 Å². The molecule has 0 atom stereocenters. The van der Waals surface area contributed by atoms with Gasteiger partial charge >= 0.3 is 5.97 Å². The smallest absolute Gasteiger partial charge is 0.303 e. The van der Waals surface area contributed by atoms with Crippen molar-refractivity contribution >= 4 is 28.3 Å². The lowest BCUT2D eigenvalue weighted by atomic mass is 10.3. The first-order chi connectivity index (χ1) is 6.58. The van der Waals surface area contributed by atoms with Crippen LogP contribution in [0.4, 0.5) is 5.13 Å². The van der Waals surface area contributed by atoms with Gasteiger partial charge in [-0.1, -0.05) is 0 Å². The van der Waals surface area contributed by atoms with Gasteiger partial charge in [-0.05, 0) is 6.92 Å². The molecule has 76 valence electrons. The lowest BCUT2D eigenvalue weighted by Gasteiger charge is -1.98. The van der Waals surface area contributed by atoms with Crippen LogP contribution in [0.1, 0.15) is 17.7 Å². The van der Waals surface area contributed by atoms with Crippen LogP contribution in [-0.4, -0.2) is 22.0 Å². The molecular formula is C8H10N2O3S. The van der Waals surface area contributed by atoms with Crippen molar-refractivity contribution < 1.29 is 14.7 Å². The van der Waals surface area contributed by atoms with Gasteiger partial charge < -0.3 is 10.4 Å². The second-order valence-electron chi connectivity index (χ2n) is 2.72. The molecule has 1 aromatic rings. The third kappa shape index (κ3) is 3.53. The fourth-order valence-electron chi connectivity index (χ4n) is 0.815. The van der Waals surface area contributed by atoms with Gasteiger partial charge in [0.2, 0.25) is 5.91 Å². The number of anilines is 1. The van der Waals surface area contributed by atoms with E-state index in [9.17, 15) is 9.59 Å². The number of aliphatic carboxylic acids is 1. The summed E-state index contributed by atoms with van der Waals surface area (Å²) in [6.07, 6.45) is 1.47. The van der Waals surface area contributed by atoms with Crippen LogP contribution in [0.3, 0.4) is 0 Å². The van der Waals surface area contributed by atoms with Gasteiger partial charge in [-0.2, -0.15) is 0 Å². The molecule has 0 aromatic carbocycles. The number of hydrogen-bond acceptors (Lipinski definition) is 4. The molecule has 1 heterocycles.